The summed E-state index contributed by atoms with van der Waals surface area (Å²) in [5.41, 5.74) is 18.3. The van der Waals surface area contributed by atoms with E-state index in [1.54, 1.807) is 0 Å². The molecule has 1 aromatic heterocycles. The Bertz CT molecular complexity index is 2780. The zero-order valence-electron chi connectivity index (χ0n) is 27.8. The molecule has 0 saturated heterocycles. The van der Waals surface area contributed by atoms with Gasteiger partial charge in [0.15, 0.2) is 0 Å². The maximum atomic E-state index is 3.98. The maximum absolute atomic E-state index is 3.98. The maximum Gasteiger partial charge on any atom is 0.0726 e. The van der Waals surface area contributed by atoms with Gasteiger partial charge in [-0.3, -0.25) is 0 Å². The standard InChI is InChI=1S/C49H32N2/c1-3-15-32(16-4-1)39-30-40-37-21-9-13-25-44(37)49(42-23-11-7-19-35(42)36-20-8-12-24-43(36)49)45(40)31-46(39)50-33-27-28-48-41(29-33)38-22-10-14-26-47(38)51(48)34-17-5-2-6-18-34/h1-31,50H. The van der Waals surface area contributed by atoms with Crippen molar-refractivity contribution >= 4 is 33.2 Å². The van der Waals surface area contributed by atoms with Crippen LogP contribution in [-0.2, 0) is 5.41 Å². The van der Waals surface area contributed by atoms with Gasteiger partial charge >= 0.3 is 0 Å². The van der Waals surface area contributed by atoms with Crippen LogP contribution in [0, 0.1) is 0 Å². The normalized spacial score (nSPS) is 13.3. The Morgan fingerprint density at radius 2 is 0.922 bits per heavy atom. The van der Waals surface area contributed by atoms with E-state index in [1.165, 1.54) is 77.4 Å². The van der Waals surface area contributed by atoms with Crippen molar-refractivity contribution in [3.05, 3.63) is 210 Å². The number of aromatic nitrogens is 1. The third-order valence-corrected chi connectivity index (χ3v) is 11.2. The molecule has 2 aliphatic carbocycles. The summed E-state index contributed by atoms with van der Waals surface area (Å²) in [4.78, 5) is 0. The van der Waals surface area contributed by atoms with E-state index in [2.05, 4.69) is 198 Å². The second-order valence-electron chi connectivity index (χ2n) is 13.7. The van der Waals surface area contributed by atoms with Gasteiger partial charge in [0, 0.05) is 33.4 Å². The SMILES string of the molecule is c1ccc(-c2cc3c(cc2Nc2ccc4c(c2)c2ccccc2n4-c2ccccc2)C2(c4ccccc4-c4ccccc42)c2ccccc2-3)cc1. The van der Waals surface area contributed by atoms with E-state index < -0.39 is 5.41 Å². The zero-order chi connectivity index (χ0) is 33.5. The van der Waals surface area contributed by atoms with Gasteiger partial charge < -0.3 is 9.88 Å². The van der Waals surface area contributed by atoms with Crippen LogP contribution in [0.15, 0.2) is 188 Å². The van der Waals surface area contributed by atoms with E-state index in [0.29, 0.717) is 0 Å². The quantitative estimate of drug-likeness (QED) is 0.201. The minimum absolute atomic E-state index is 0.405. The molecule has 11 rings (SSSR count). The summed E-state index contributed by atoms with van der Waals surface area (Å²) >= 11 is 0. The van der Waals surface area contributed by atoms with E-state index in [1.807, 2.05) is 0 Å². The summed E-state index contributed by atoms with van der Waals surface area (Å²) in [5, 5.41) is 6.45. The molecule has 0 aliphatic heterocycles. The lowest BCUT2D eigenvalue weighted by Crippen LogP contribution is -2.26. The van der Waals surface area contributed by atoms with Gasteiger partial charge in [0.25, 0.3) is 0 Å². The average Bonchev–Trinajstić information content (AvgIpc) is 3.80. The van der Waals surface area contributed by atoms with Crippen LogP contribution in [0.2, 0.25) is 0 Å². The molecule has 0 bridgehead atoms. The minimum atomic E-state index is -0.405. The van der Waals surface area contributed by atoms with Crippen LogP contribution in [0.1, 0.15) is 22.3 Å². The molecule has 2 aliphatic rings. The van der Waals surface area contributed by atoms with Crippen LogP contribution in [0.3, 0.4) is 0 Å². The Balaban J connectivity index is 1.16. The predicted octanol–water partition coefficient (Wildman–Crippen LogP) is 12.5. The third-order valence-electron chi connectivity index (χ3n) is 11.2. The smallest absolute Gasteiger partial charge is 0.0726 e. The highest BCUT2D eigenvalue weighted by Crippen LogP contribution is 2.63. The van der Waals surface area contributed by atoms with Crippen molar-refractivity contribution in [2.75, 3.05) is 5.32 Å². The summed E-state index contributed by atoms with van der Waals surface area (Å²) in [6.45, 7) is 0. The Kier molecular flexibility index (Phi) is 5.91. The van der Waals surface area contributed by atoms with E-state index in [0.717, 1.165) is 17.1 Å². The van der Waals surface area contributed by atoms with Crippen molar-refractivity contribution < 1.29 is 0 Å². The summed E-state index contributed by atoms with van der Waals surface area (Å²) in [5.74, 6) is 0. The molecule has 51 heavy (non-hydrogen) atoms. The number of nitrogens with one attached hydrogen (secondary N) is 1. The first-order valence-corrected chi connectivity index (χ1v) is 17.7. The number of hydrogen-bond acceptors (Lipinski definition) is 1. The molecular weight excluding hydrogens is 617 g/mol. The number of fused-ring (bicyclic) bond motifs is 13. The zero-order valence-corrected chi connectivity index (χ0v) is 27.8. The molecule has 0 saturated carbocycles. The van der Waals surface area contributed by atoms with Gasteiger partial charge in [0.1, 0.15) is 0 Å². The van der Waals surface area contributed by atoms with Crippen LogP contribution in [0.4, 0.5) is 11.4 Å². The van der Waals surface area contributed by atoms with Crippen molar-refractivity contribution in [3.8, 4) is 39.1 Å². The highest BCUT2D eigenvalue weighted by atomic mass is 15.0. The molecule has 0 radical (unpaired) electrons. The fourth-order valence-corrected chi connectivity index (χ4v) is 9.16. The Morgan fingerprint density at radius 3 is 1.61 bits per heavy atom. The average molecular weight is 649 g/mol. The molecule has 1 spiro atoms. The first kappa shape index (κ1) is 28.2. The second kappa shape index (κ2) is 10.7. The Morgan fingerprint density at radius 1 is 0.373 bits per heavy atom. The van der Waals surface area contributed by atoms with Crippen LogP contribution in [0.25, 0.3) is 60.9 Å². The number of anilines is 2. The minimum Gasteiger partial charge on any atom is -0.355 e. The van der Waals surface area contributed by atoms with Crippen molar-refractivity contribution in [1.82, 2.24) is 4.57 Å². The molecule has 9 aromatic rings. The van der Waals surface area contributed by atoms with Gasteiger partial charge in [-0.2, -0.15) is 0 Å². The first-order chi connectivity index (χ1) is 25.3. The van der Waals surface area contributed by atoms with E-state index in [-0.39, 0.29) is 0 Å². The van der Waals surface area contributed by atoms with Crippen LogP contribution >= 0.6 is 0 Å². The van der Waals surface area contributed by atoms with Gasteiger partial charge in [0.05, 0.1) is 16.4 Å². The van der Waals surface area contributed by atoms with E-state index >= 15 is 0 Å². The summed E-state index contributed by atoms with van der Waals surface area (Å²) in [6, 6.07) is 69.0. The predicted molar refractivity (Wildman–Crippen MR) is 212 cm³/mol. The lowest BCUT2D eigenvalue weighted by atomic mass is 9.70. The number of benzene rings is 8. The van der Waals surface area contributed by atoms with Crippen LogP contribution < -0.4 is 5.32 Å². The number of hydrogen-bond donors (Lipinski definition) is 1. The van der Waals surface area contributed by atoms with Crippen molar-refractivity contribution in [2.45, 2.75) is 5.41 Å². The van der Waals surface area contributed by atoms with Crippen LogP contribution in [-0.4, -0.2) is 4.57 Å². The van der Waals surface area contributed by atoms with Gasteiger partial charge in [-0.15, -0.1) is 0 Å². The van der Waals surface area contributed by atoms with Gasteiger partial charge in [-0.05, 0) is 98.6 Å². The second-order valence-corrected chi connectivity index (χ2v) is 13.7. The molecule has 0 unspecified atom stereocenters. The molecule has 238 valence electrons. The number of para-hydroxylation sites is 2. The molecular formula is C49H32N2. The molecule has 2 heteroatoms. The molecule has 8 aromatic carbocycles. The van der Waals surface area contributed by atoms with Gasteiger partial charge in [-0.25, -0.2) is 0 Å². The first-order valence-electron chi connectivity index (χ1n) is 17.7. The largest absolute Gasteiger partial charge is 0.355 e. The molecule has 0 amide bonds. The lowest BCUT2D eigenvalue weighted by Gasteiger charge is -2.31. The van der Waals surface area contributed by atoms with Crippen molar-refractivity contribution in [2.24, 2.45) is 0 Å². The molecule has 1 N–H and O–H groups in total. The highest BCUT2D eigenvalue weighted by molar-refractivity contribution is 6.10. The third kappa shape index (κ3) is 3.87. The van der Waals surface area contributed by atoms with E-state index in [9.17, 15) is 0 Å². The molecule has 0 fully saturated rings. The molecule has 2 nitrogen and oxygen atoms in total. The topological polar surface area (TPSA) is 17.0 Å². The highest BCUT2D eigenvalue weighted by Gasteiger charge is 2.51. The summed E-state index contributed by atoms with van der Waals surface area (Å²) in [6.07, 6.45) is 0. The fourth-order valence-electron chi connectivity index (χ4n) is 9.16. The monoisotopic (exact) mass is 648 g/mol. The molecule has 0 atom stereocenters. The summed E-state index contributed by atoms with van der Waals surface area (Å²) < 4.78 is 2.37. The number of nitrogens with zero attached hydrogens (tertiary/aromatic N) is 1. The van der Waals surface area contributed by atoms with Gasteiger partial charge in [-0.1, -0.05) is 140 Å². The lowest BCUT2D eigenvalue weighted by molar-refractivity contribution is 0.794. The van der Waals surface area contributed by atoms with Gasteiger partial charge in [0.2, 0.25) is 0 Å². The van der Waals surface area contributed by atoms with Crippen molar-refractivity contribution in [3.63, 3.8) is 0 Å². The fraction of sp³-hybridized carbons (Fsp3) is 0.0204. The Labute approximate surface area is 296 Å². The number of rotatable bonds is 4. The van der Waals surface area contributed by atoms with Crippen molar-refractivity contribution in [1.29, 1.82) is 0 Å². The molecule has 1 heterocycles. The van der Waals surface area contributed by atoms with Crippen LogP contribution in [0.5, 0.6) is 0 Å². The summed E-state index contributed by atoms with van der Waals surface area (Å²) in [7, 11) is 0. The Hall–Kier alpha value is -6.64. The van der Waals surface area contributed by atoms with E-state index in [4.69, 9.17) is 0 Å².